The Morgan fingerprint density at radius 2 is 1.80 bits per heavy atom. The molecule has 2 amide bonds. The minimum atomic E-state index is -0.163. The molecule has 0 spiro atoms. The van der Waals surface area contributed by atoms with Crippen molar-refractivity contribution >= 4 is 29.1 Å². The van der Waals surface area contributed by atoms with Crippen LogP contribution in [0.3, 0.4) is 0 Å². The first-order chi connectivity index (χ1) is 12.1. The van der Waals surface area contributed by atoms with Crippen LogP contribution in [0.25, 0.3) is 0 Å². The molecule has 0 bridgehead atoms. The number of hydrogen-bond donors (Lipinski definition) is 3. The van der Waals surface area contributed by atoms with Gasteiger partial charge in [-0.3, -0.25) is 9.59 Å². The Balaban J connectivity index is 1.64. The Labute approximate surface area is 153 Å². The van der Waals surface area contributed by atoms with E-state index in [0.717, 1.165) is 51.5 Å². The minimum absolute atomic E-state index is 0.0549. The number of benzene rings is 1. The first kappa shape index (κ1) is 18.2. The van der Waals surface area contributed by atoms with E-state index in [0.29, 0.717) is 16.3 Å². The quantitative estimate of drug-likeness (QED) is 0.767. The van der Waals surface area contributed by atoms with Gasteiger partial charge in [-0.05, 0) is 50.4 Å². The zero-order valence-electron chi connectivity index (χ0n) is 14.4. The molecule has 1 aromatic rings. The van der Waals surface area contributed by atoms with Gasteiger partial charge in [0.25, 0.3) is 5.91 Å². The van der Waals surface area contributed by atoms with Gasteiger partial charge in [-0.1, -0.05) is 37.3 Å². The summed E-state index contributed by atoms with van der Waals surface area (Å²) in [5.74, 6) is -0.218. The third-order valence-corrected chi connectivity index (χ3v) is 5.38. The summed E-state index contributed by atoms with van der Waals surface area (Å²) in [6.45, 7) is 0.869. The third-order valence-electron chi connectivity index (χ3n) is 5.05. The van der Waals surface area contributed by atoms with Crippen molar-refractivity contribution in [2.75, 3.05) is 11.9 Å². The van der Waals surface area contributed by atoms with Gasteiger partial charge in [0, 0.05) is 11.7 Å². The first-order valence-corrected chi connectivity index (χ1v) is 9.66. The van der Waals surface area contributed by atoms with Crippen molar-refractivity contribution in [1.29, 1.82) is 0 Å². The number of halogens is 1. The molecule has 0 radical (unpaired) electrons. The molecule has 1 aromatic carbocycles. The van der Waals surface area contributed by atoms with Crippen molar-refractivity contribution in [2.45, 2.75) is 63.5 Å². The summed E-state index contributed by atoms with van der Waals surface area (Å²) < 4.78 is 0. The van der Waals surface area contributed by atoms with Crippen LogP contribution in [-0.4, -0.2) is 30.4 Å². The maximum absolute atomic E-state index is 12.6. The highest BCUT2D eigenvalue weighted by atomic mass is 35.5. The lowest BCUT2D eigenvalue weighted by Crippen LogP contribution is -2.43. The van der Waals surface area contributed by atoms with Crippen molar-refractivity contribution in [3.8, 4) is 0 Å². The number of carbonyl (C=O) groups excluding carboxylic acids is 2. The monoisotopic (exact) mass is 363 g/mol. The van der Waals surface area contributed by atoms with E-state index in [1.54, 1.807) is 18.2 Å². The molecule has 1 aliphatic heterocycles. The SMILES string of the molecule is O=C(NC1CCCCC1)c1cc(NC(=O)C2CCCCN2)ccc1Cl. The van der Waals surface area contributed by atoms with E-state index in [2.05, 4.69) is 16.0 Å². The van der Waals surface area contributed by atoms with Crippen molar-refractivity contribution in [3.05, 3.63) is 28.8 Å². The van der Waals surface area contributed by atoms with Gasteiger partial charge in [0.05, 0.1) is 16.6 Å². The summed E-state index contributed by atoms with van der Waals surface area (Å²) in [6, 6.07) is 5.13. The van der Waals surface area contributed by atoms with Crippen LogP contribution in [0.5, 0.6) is 0 Å². The zero-order valence-corrected chi connectivity index (χ0v) is 15.2. The fourth-order valence-corrected chi connectivity index (χ4v) is 3.80. The van der Waals surface area contributed by atoms with E-state index in [-0.39, 0.29) is 23.9 Å². The van der Waals surface area contributed by atoms with Crippen molar-refractivity contribution in [3.63, 3.8) is 0 Å². The molecular weight excluding hydrogens is 338 g/mol. The summed E-state index contributed by atoms with van der Waals surface area (Å²) in [6.07, 6.45) is 8.60. The van der Waals surface area contributed by atoms with E-state index >= 15 is 0 Å². The van der Waals surface area contributed by atoms with Gasteiger partial charge < -0.3 is 16.0 Å². The highest BCUT2D eigenvalue weighted by Crippen LogP contribution is 2.23. The van der Waals surface area contributed by atoms with Crippen molar-refractivity contribution in [2.24, 2.45) is 0 Å². The zero-order chi connectivity index (χ0) is 17.6. The lowest BCUT2D eigenvalue weighted by Gasteiger charge is -2.23. The van der Waals surface area contributed by atoms with Gasteiger partial charge in [0.1, 0.15) is 0 Å². The molecule has 1 unspecified atom stereocenters. The summed E-state index contributed by atoms with van der Waals surface area (Å²) in [5, 5.41) is 9.60. The summed E-state index contributed by atoms with van der Waals surface area (Å²) >= 11 is 6.21. The average molecular weight is 364 g/mol. The Kier molecular flexibility index (Phi) is 6.32. The third kappa shape index (κ3) is 4.95. The molecule has 2 fully saturated rings. The molecule has 6 heteroatoms. The van der Waals surface area contributed by atoms with Crippen LogP contribution in [0.15, 0.2) is 18.2 Å². The lowest BCUT2D eigenvalue weighted by molar-refractivity contribution is -0.118. The Hall–Kier alpha value is -1.59. The van der Waals surface area contributed by atoms with E-state index in [9.17, 15) is 9.59 Å². The van der Waals surface area contributed by atoms with Crippen LogP contribution < -0.4 is 16.0 Å². The maximum Gasteiger partial charge on any atom is 0.253 e. The first-order valence-electron chi connectivity index (χ1n) is 9.28. The smallest absolute Gasteiger partial charge is 0.253 e. The topological polar surface area (TPSA) is 70.2 Å². The molecule has 25 heavy (non-hydrogen) atoms. The molecule has 3 N–H and O–H groups in total. The number of nitrogens with one attached hydrogen (secondary N) is 3. The van der Waals surface area contributed by atoms with Gasteiger partial charge in [0.15, 0.2) is 0 Å². The molecule has 5 nitrogen and oxygen atoms in total. The number of hydrogen-bond acceptors (Lipinski definition) is 3. The van der Waals surface area contributed by atoms with Gasteiger partial charge >= 0.3 is 0 Å². The molecule has 136 valence electrons. The Bertz CT molecular complexity index is 623. The van der Waals surface area contributed by atoms with Crippen LogP contribution in [0.2, 0.25) is 5.02 Å². The molecule has 1 saturated carbocycles. The second-order valence-corrected chi connectivity index (χ2v) is 7.40. The lowest BCUT2D eigenvalue weighted by atomic mass is 9.95. The number of carbonyl (C=O) groups is 2. The summed E-state index contributed by atoms with van der Waals surface area (Å²) in [5.41, 5.74) is 1.03. The van der Waals surface area contributed by atoms with Crippen LogP contribution in [0, 0.1) is 0 Å². The highest BCUT2D eigenvalue weighted by molar-refractivity contribution is 6.34. The second-order valence-electron chi connectivity index (χ2n) is 6.99. The predicted molar refractivity (Wildman–Crippen MR) is 100 cm³/mol. The number of piperidine rings is 1. The largest absolute Gasteiger partial charge is 0.349 e. The van der Waals surface area contributed by atoms with Crippen molar-refractivity contribution in [1.82, 2.24) is 10.6 Å². The normalized spacial score (nSPS) is 21.6. The second kappa shape index (κ2) is 8.68. The van der Waals surface area contributed by atoms with Gasteiger partial charge in [-0.25, -0.2) is 0 Å². The molecule has 0 aromatic heterocycles. The molecule has 1 atom stereocenters. The number of anilines is 1. The highest BCUT2D eigenvalue weighted by Gasteiger charge is 2.22. The fraction of sp³-hybridized carbons (Fsp3) is 0.579. The number of rotatable bonds is 4. The van der Waals surface area contributed by atoms with Crippen LogP contribution >= 0.6 is 11.6 Å². The maximum atomic E-state index is 12.6. The van der Waals surface area contributed by atoms with Gasteiger partial charge in [-0.2, -0.15) is 0 Å². The van der Waals surface area contributed by atoms with Crippen LogP contribution in [-0.2, 0) is 4.79 Å². The molecule has 1 aliphatic carbocycles. The molecule has 2 aliphatic rings. The van der Waals surface area contributed by atoms with E-state index in [1.165, 1.54) is 6.42 Å². The molecule has 1 saturated heterocycles. The predicted octanol–water partition coefficient (Wildman–Crippen LogP) is 3.48. The Morgan fingerprint density at radius 3 is 2.52 bits per heavy atom. The molecular formula is C19H26ClN3O2. The van der Waals surface area contributed by atoms with Crippen molar-refractivity contribution < 1.29 is 9.59 Å². The standard InChI is InChI=1S/C19H26ClN3O2/c20-16-10-9-14(23-19(25)17-8-4-5-11-21-17)12-15(16)18(24)22-13-6-2-1-3-7-13/h9-10,12-13,17,21H,1-8,11H2,(H,22,24)(H,23,25). The number of amides is 2. The summed E-state index contributed by atoms with van der Waals surface area (Å²) in [7, 11) is 0. The van der Waals surface area contributed by atoms with E-state index in [1.807, 2.05) is 0 Å². The average Bonchev–Trinajstić information content (AvgIpc) is 2.64. The van der Waals surface area contributed by atoms with Crippen LogP contribution in [0.1, 0.15) is 61.7 Å². The van der Waals surface area contributed by atoms with Gasteiger partial charge in [-0.15, -0.1) is 0 Å². The summed E-state index contributed by atoms with van der Waals surface area (Å²) in [4.78, 5) is 24.9. The molecule has 3 rings (SSSR count). The molecule has 1 heterocycles. The fourth-order valence-electron chi connectivity index (χ4n) is 3.59. The minimum Gasteiger partial charge on any atom is -0.349 e. The van der Waals surface area contributed by atoms with Gasteiger partial charge in [0.2, 0.25) is 5.91 Å². The Morgan fingerprint density at radius 1 is 1.04 bits per heavy atom. The van der Waals surface area contributed by atoms with E-state index in [4.69, 9.17) is 11.6 Å². The van der Waals surface area contributed by atoms with E-state index < -0.39 is 0 Å². The van der Waals surface area contributed by atoms with Crippen LogP contribution in [0.4, 0.5) is 5.69 Å².